The molecule has 2 aromatic rings. The molecule has 1 heterocycles. The van der Waals surface area contributed by atoms with E-state index in [-0.39, 0.29) is 24.0 Å². The minimum absolute atomic E-state index is 0. The van der Waals surface area contributed by atoms with Crippen molar-refractivity contribution in [2.24, 2.45) is 4.99 Å². The van der Waals surface area contributed by atoms with Crippen molar-refractivity contribution in [3.8, 4) is 0 Å². The molecule has 32 heavy (non-hydrogen) atoms. The van der Waals surface area contributed by atoms with Crippen molar-refractivity contribution in [3.05, 3.63) is 65.7 Å². The number of rotatable bonds is 10. The van der Waals surface area contributed by atoms with Crippen LogP contribution in [0.4, 0.5) is 0 Å². The van der Waals surface area contributed by atoms with Crippen LogP contribution in [0.5, 0.6) is 0 Å². The SMILES string of the molecule is CCNC(=NCc1cccc(COC2CCOCC2)c1)NCC(C)Sc1ccccc1.I. The lowest BCUT2D eigenvalue weighted by Crippen LogP contribution is -2.40. The zero-order chi connectivity index (χ0) is 21.7. The van der Waals surface area contributed by atoms with Gasteiger partial charge in [0.1, 0.15) is 0 Å². The molecule has 3 rings (SSSR count). The molecular weight excluding hydrogens is 533 g/mol. The molecule has 0 amide bonds. The summed E-state index contributed by atoms with van der Waals surface area (Å²) in [5.41, 5.74) is 2.39. The van der Waals surface area contributed by atoms with Gasteiger partial charge in [0, 0.05) is 36.4 Å². The molecule has 176 valence electrons. The van der Waals surface area contributed by atoms with Gasteiger partial charge < -0.3 is 20.1 Å². The fraction of sp³-hybridized carbons (Fsp3) is 0.480. The fourth-order valence-electron chi connectivity index (χ4n) is 3.40. The van der Waals surface area contributed by atoms with Gasteiger partial charge in [-0.25, -0.2) is 4.99 Å². The standard InChI is InChI=1S/C25H35N3O2S.HI/c1-3-26-25(27-17-20(2)31-24-10-5-4-6-11-24)28-18-21-8-7-9-22(16-21)19-30-23-12-14-29-15-13-23;/h4-11,16,20,23H,3,12-15,17-19H2,1-2H3,(H2,26,27,28);1H. The topological polar surface area (TPSA) is 54.9 Å². The average molecular weight is 570 g/mol. The van der Waals surface area contributed by atoms with Gasteiger partial charge >= 0.3 is 0 Å². The summed E-state index contributed by atoms with van der Waals surface area (Å²) in [4.78, 5) is 6.07. The zero-order valence-electron chi connectivity index (χ0n) is 19.1. The third kappa shape index (κ3) is 10.1. The summed E-state index contributed by atoms with van der Waals surface area (Å²) in [6.45, 7) is 8.92. The Labute approximate surface area is 214 Å². The largest absolute Gasteiger partial charge is 0.381 e. The van der Waals surface area contributed by atoms with Crippen LogP contribution >= 0.6 is 35.7 Å². The van der Waals surface area contributed by atoms with Gasteiger partial charge in [0.15, 0.2) is 5.96 Å². The van der Waals surface area contributed by atoms with Crippen LogP contribution in [-0.4, -0.2) is 43.6 Å². The van der Waals surface area contributed by atoms with Gasteiger partial charge in [0.2, 0.25) is 0 Å². The number of nitrogens with one attached hydrogen (secondary N) is 2. The molecule has 0 spiro atoms. The number of benzene rings is 2. The molecule has 7 heteroatoms. The van der Waals surface area contributed by atoms with Crippen molar-refractivity contribution >= 4 is 41.7 Å². The quantitative estimate of drug-likeness (QED) is 0.178. The van der Waals surface area contributed by atoms with Crippen molar-refractivity contribution in [2.45, 2.75) is 56.1 Å². The summed E-state index contributed by atoms with van der Waals surface area (Å²) in [5, 5.41) is 7.26. The van der Waals surface area contributed by atoms with E-state index in [2.05, 4.69) is 79.1 Å². The summed E-state index contributed by atoms with van der Waals surface area (Å²) in [7, 11) is 0. The lowest BCUT2D eigenvalue weighted by molar-refractivity contribution is -0.0390. The van der Waals surface area contributed by atoms with Gasteiger partial charge in [-0.05, 0) is 43.0 Å². The Hall–Kier alpha value is -1.29. The molecule has 0 aromatic heterocycles. The third-order valence-electron chi connectivity index (χ3n) is 5.05. The number of ether oxygens (including phenoxy) is 2. The van der Waals surface area contributed by atoms with Crippen LogP contribution in [-0.2, 0) is 22.6 Å². The van der Waals surface area contributed by atoms with Crippen LogP contribution < -0.4 is 10.6 Å². The summed E-state index contributed by atoms with van der Waals surface area (Å²) < 4.78 is 11.5. The van der Waals surface area contributed by atoms with E-state index in [0.717, 1.165) is 45.1 Å². The van der Waals surface area contributed by atoms with E-state index in [0.29, 0.717) is 24.5 Å². The third-order valence-corrected chi connectivity index (χ3v) is 6.16. The van der Waals surface area contributed by atoms with Gasteiger partial charge in [0.25, 0.3) is 0 Å². The zero-order valence-corrected chi connectivity index (χ0v) is 22.2. The Morgan fingerprint density at radius 2 is 1.84 bits per heavy atom. The molecule has 1 fully saturated rings. The average Bonchev–Trinajstić information content (AvgIpc) is 2.81. The molecule has 0 aliphatic carbocycles. The fourth-order valence-corrected chi connectivity index (χ4v) is 4.35. The number of nitrogens with zero attached hydrogens (tertiary/aromatic N) is 1. The van der Waals surface area contributed by atoms with Gasteiger partial charge in [-0.1, -0.05) is 49.4 Å². The number of halogens is 1. The first-order valence-electron chi connectivity index (χ1n) is 11.2. The van der Waals surface area contributed by atoms with E-state index in [4.69, 9.17) is 14.5 Å². The lowest BCUT2D eigenvalue weighted by Gasteiger charge is -2.22. The van der Waals surface area contributed by atoms with E-state index < -0.39 is 0 Å². The molecule has 1 saturated heterocycles. The molecule has 1 aliphatic heterocycles. The van der Waals surface area contributed by atoms with E-state index in [1.807, 2.05) is 11.8 Å². The highest BCUT2D eigenvalue weighted by Crippen LogP contribution is 2.22. The Balaban J connectivity index is 0.00000363. The molecule has 1 atom stereocenters. The van der Waals surface area contributed by atoms with Crippen LogP contribution in [0.1, 0.15) is 37.8 Å². The first-order valence-corrected chi connectivity index (χ1v) is 12.1. The predicted octanol–water partition coefficient (Wildman–Crippen LogP) is 5.24. The lowest BCUT2D eigenvalue weighted by atomic mass is 10.1. The van der Waals surface area contributed by atoms with Crippen LogP contribution in [0.3, 0.4) is 0 Å². The van der Waals surface area contributed by atoms with Crippen molar-refractivity contribution in [2.75, 3.05) is 26.3 Å². The Bertz CT molecular complexity index is 801. The minimum atomic E-state index is 0. The van der Waals surface area contributed by atoms with Gasteiger partial charge in [-0.15, -0.1) is 35.7 Å². The van der Waals surface area contributed by atoms with E-state index >= 15 is 0 Å². The van der Waals surface area contributed by atoms with Crippen molar-refractivity contribution in [1.82, 2.24) is 10.6 Å². The normalized spacial score (nSPS) is 15.6. The summed E-state index contributed by atoms with van der Waals surface area (Å²) >= 11 is 1.87. The highest BCUT2D eigenvalue weighted by Gasteiger charge is 2.14. The number of hydrogen-bond donors (Lipinski definition) is 2. The highest BCUT2D eigenvalue weighted by molar-refractivity contribution is 14.0. The number of aliphatic imine (C=N–C) groups is 1. The number of thioether (sulfide) groups is 1. The van der Waals surface area contributed by atoms with Gasteiger partial charge in [-0.2, -0.15) is 0 Å². The molecule has 0 saturated carbocycles. The second kappa shape index (κ2) is 15.5. The molecular formula is C25H36IN3O2S. The highest BCUT2D eigenvalue weighted by atomic mass is 127. The monoisotopic (exact) mass is 569 g/mol. The molecule has 1 unspecified atom stereocenters. The van der Waals surface area contributed by atoms with Crippen molar-refractivity contribution in [1.29, 1.82) is 0 Å². The molecule has 0 radical (unpaired) electrons. The predicted molar refractivity (Wildman–Crippen MR) is 145 cm³/mol. The van der Waals surface area contributed by atoms with Crippen LogP contribution in [0, 0.1) is 0 Å². The Morgan fingerprint density at radius 3 is 2.59 bits per heavy atom. The second-order valence-electron chi connectivity index (χ2n) is 7.76. The first-order chi connectivity index (χ1) is 15.2. The van der Waals surface area contributed by atoms with E-state index in [9.17, 15) is 0 Å². The van der Waals surface area contributed by atoms with Crippen LogP contribution in [0.2, 0.25) is 0 Å². The maximum atomic E-state index is 6.06. The maximum absolute atomic E-state index is 6.06. The summed E-state index contributed by atoms with van der Waals surface area (Å²) in [6.07, 6.45) is 2.29. The second-order valence-corrected chi connectivity index (χ2v) is 9.27. The minimum Gasteiger partial charge on any atom is -0.381 e. The Kier molecular flexibility index (Phi) is 13.1. The Morgan fingerprint density at radius 1 is 1.09 bits per heavy atom. The molecule has 2 N–H and O–H groups in total. The molecule has 5 nitrogen and oxygen atoms in total. The summed E-state index contributed by atoms with van der Waals surface area (Å²) in [6, 6.07) is 19.0. The van der Waals surface area contributed by atoms with E-state index in [1.54, 1.807) is 0 Å². The summed E-state index contributed by atoms with van der Waals surface area (Å²) in [5.74, 6) is 0.854. The number of guanidine groups is 1. The van der Waals surface area contributed by atoms with Crippen molar-refractivity contribution in [3.63, 3.8) is 0 Å². The van der Waals surface area contributed by atoms with Gasteiger partial charge in [-0.3, -0.25) is 0 Å². The number of hydrogen-bond acceptors (Lipinski definition) is 4. The van der Waals surface area contributed by atoms with Crippen molar-refractivity contribution < 1.29 is 9.47 Å². The molecule has 0 bridgehead atoms. The van der Waals surface area contributed by atoms with E-state index in [1.165, 1.54) is 16.0 Å². The smallest absolute Gasteiger partial charge is 0.191 e. The van der Waals surface area contributed by atoms with Crippen LogP contribution in [0.15, 0.2) is 64.5 Å². The van der Waals surface area contributed by atoms with Crippen LogP contribution in [0.25, 0.3) is 0 Å². The molecule has 1 aliphatic rings. The van der Waals surface area contributed by atoms with Gasteiger partial charge in [0.05, 0.1) is 19.3 Å². The maximum Gasteiger partial charge on any atom is 0.191 e. The first kappa shape index (κ1) is 27.0. The molecule has 2 aromatic carbocycles.